The van der Waals surface area contributed by atoms with Gasteiger partial charge in [-0.25, -0.2) is 9.97 Å². The number of amides is 1. The number of aryl methyl sites for hydroxylation is 1. The van der Waals surface area contributed by atoms with Crippen LogP contribution in [-0.4, -0.2) is 44.6 Å². The highest BCUT2D eigenvalue weighted by molar-refractivity contribution is 5.92. The largest absolute Gasteiger partial charge is 0.377 e. The maximum absolute atomic E-state index is 12.8. The molecular weight excluding hydrogens is 294 g/mol. The van der Waals surface area contributed by atoms with Crippen LogP contribution in [0.1, 0.15) is 53.1 Å². The van der Waals surface area contributed by atoms with Crippen molar-refractivity contribution in [2.24, 2.45) is 0 Å². The van der Waals surface area contributed by atoms with Crippen LogP contribution < -0.4 is 0 Å². The molecule has 0 bridgehead atoms. The third-order valence-electron chi connectivity index (χ3n) is 4.00. The van der Waals surface area contributed by atoms with Gasteiger partial charge in [0, 0.05) is 19.3 Å². The van der Waals surface area contributed by atoms with E-state index in [4.69, 9.17) is 4.74 Å². The zero-order valence-electron chi connectivity index (χ0n) is 13.5. The molecule has 0 saturated carbocycles. The molecule has 2 aromatic heterocycles. The molecule has 1 saturated heterocycles. The lowest BCUT2D eigenvalue weighted by molar-refractivity contribution is 0.0593. The molecule has 1 fully saturated rings. The highest BCUT2D eigenvalue weighted by Gasteiger charge is 2.32. The van der Waals surface area contributed by atoms with Crippen LogP contribution in [0.25, 0.3) is 0 Å². The fourth-order valence-corrected chi connectivity index (χ4v) is 2.91. The van der Waals surface area contributed by atoms with Crippen LogP contribution in [0.15, 0.2) is 18.2 Å². The Kier molecular flexibility index (Phi) is 4.66. The molecule has 3 heterocycles. The molecule has 0 radical (unpaired) electrons. The lowest BCUT2D eigenvalue weighted by atomic mass is 10.0. The van der Waals surface area contributed by atoms with E-state index >= 15 is 0 Å². The molecule has 1 amide bonds. The van der Waals surface area contributed by atoms with Crippen molar-refractivity contribution in [1.29, 1.82) is 0 Å². The Hall–Kier alpha value is -2.28. The predicted octanol–water partition coefficient (Wildman–Crippen LogP) is 2.02. The average molecular weight is 315 g/mol. The Morgan fingerprint density at radius 1 is 1.39 bits per heavy atom. The molecule has 2 aromatic rings. The molecule has 7 heteroatoms. The molecule has 0 aliphatic carbocycles. The molecule has 1 N–H and O–H groups in total. The number of aromatic nitrogens is 4. The van der Waals surface area contributed by atoms with E-state index in [-0.39, 0.29) is 11.9 Å². The minimum absolute atomic E-state index is 0.0588. The van der Waals surface area contributed by atoms with E-state index in [0.29, 0.717) is 30.5 Å². The number of H-pyrrole nitrogens is 1. The fourth-order valence-electron chi connectivity index (χ4n) is 2.91. The molecule has 3 rings (SSSR count). The molecule has 1 aliphatic rings. The number of carbonyl (C=O) groups excluding carboxylic acids is 1. The van der Waals surface area contributed by atoms with E-state index in [1.165, 1.54) is 0 Å². The second-order valence-electron chi connectivity index (χ2n) is 5.75. The van der Waals surface area contributed by atoms with Gasteiger partial charge in [-0.3, -0.25) is 9.89 Å². The van der Waals surface area contributed by atoms with Crippen LogP contribution in [-0.2, 0) is 11.3 Å². The lowest BCUT2D eigenvalue weighted by Gasteiger charge is -2.33. The summed E-state index contributed by atoms with van der Waals surface area (Å²) in [5.41, 5.74) is 1.31. The fraction of sp³-hybridized carbons (Fsp3) is 0.500. The Labute approximate surface area is 135 Å². The van der Waals surface area contributed by atoms with Gasteiger partial charge in [-0.1, -0.05) is 6.07 Å². The van der Waals surface area contributed by atoms with Gasteiger partial charge in [0.25, 0.3) is 5.91 Å². The van der Waals surface area contributed by atoms with Crippen LogP contribution in [0.5, 0.6) is 0 Å². The number of likely N-dealkylation sites (tertiary alicyclic amines) is 1. The van der Waals surface area contributed by atoms with Crippen LogP contribution in [0.2, 0.25) is 0 Å². The summed E-state index contributed by atoms with van der Waals surface area (Å²) >= 11 is 0. The number of hydrogen-bond acceptors (Lipinski definition) is 5. The van der Waals surface area contributed by atoms with Gasteiger partial charge in [-0.05, 0) is 38.3 Å². The first-order valence-corrected chi connectivity index (χ1v) is 7.84. The van der Waals surface area contributed by atoms with E-state index in [9.17, 15) is 4.79 Å². The van der Waals surface area contributed by atoms with Crippen LogP contribution in [0, 0.1) is 6.92 Å². The average Bonchev–Trinajstić information content (AvgIpc) is 3.03. The summed E-state index contributed by atoms with van der Waals surface area (Å²) in [6, 6.07) is 5.39. The van der Waals surface area contributed by atoms with E-state index < -0.39 is 0 Å². The van der Waals surface area contributed by atoms with Crippen molar-refractivity contribution in [2.75, 3.05) is 13.7 Å². The highest BCUT2D eigenvalue weighted by atomic mass is 16.5. The number of methoxy groups -OCH3 is 1. The summed E-state index contributed by atoms with van der Waals surface area (Å²) in [6.45, 7) is 2.97. The van der Waals surface area contributed by atoms with Crippen molar-refractivity contribution >= 4 is 5.91 Å². The van der Waals surface area contributed by atoms with Crippen molar-refractivity contribution in [1.82, 2.24) is 25.1 Å². The maximum Gasteiger partial charge on any atom is 0.273 e. The summed E-state index contributed by atoms with van der Waals surface area (Å²) in [4.78, 5) is 23.5. The standard InChI is InChI=1S/C16H21N5O2/c1-11-6-5-7-12(17-11)16(22)21-9-4-3-8-13(21)15-18-14(10-23-2)19-20-15/h5-7,13H,3-4,8-10H2,1-2H3,(H,18,19,20). The highest BCUT2D eigenvalue weighted by Crippen LogP contribution is 2.30. The van der Waals surface area contributed by atoms with Crippen LogP contribution in [0.4, 0.5) is 0 Å². The zero-order chi connectivity index (χ0) is 16.2. The van der Waals surface area contributed by atoms with Gasteiger partial charge in [-0.2, -0.15) is 5.10 Å². The number of piperidine rings is 1. The molecule has 122 valence electrons. The van der Waals surface area contributed by atoms with Crippen molar-refractivity contribution in [3.05, 3.63) is 41.2 Å². The Morgan fingerprint density at radius 2 is 2.26 bits per heavy atom. The van der Waals surface area contributed by atoms with E-state index in [1.807, 2.05) is 24.0 Å². The van der Waals surface area contributed by atoms with E-state index in [1.54, 1.807) is 13.2 Å². The quantitative estimate of drug-likeness (QED) is 0.933. The van der Waals surface area contributed by atoms with Crippen LogP contribution in [0.3, 0.4) is 0 Å². The third kappa shape index (κ3) is 3.39. The molecule has 1 unspecified atom stereocenters. The molecular formula is C16H21N5O2. The number of aromatic amines is 1. The second kappa shape index (κ2) is 6.87. The topological polar surface area (TPSA) is 84.0 Å². The van der Waals surface area contributed by atoms with Gasteiger partial charge >= 0.3 is 0 Å². The van der Waals surface area contributed by atoms with E-state index in [2.05, 4.69) is 20.2 Å². The molecule has 7 nitrogen and oxygen atoms in total. The van der Waals surface area contributed by atoms with Gasteiger partial charge in [0.2, 0.25) is 0 Å². The van der Waals surface area contributed by atoms with Crippen molar-refractivity contribution in [2.45, 2.75) is 38.8 Å². The van der Waals surface area contributed by atoms with Gasteiger partial charge in [0.1, 0.15) is 12.3 Å². The number of carbonyl (C=O) groups is 1. The molecule has 23 heavy (non-hydrogen) atoms. The molecule has 0 aromatic carbocycles. The molecule has 1 atom stereocenters. The summed E-state index contributed by atoms with van der Waals surface area (Å²) in [5, 5.41) is 7.14. The first kappa shape index (κ1) is 15.6. The Morgan fingerprint density at radius 3 is 3.04 bits per heavy atom. The van der Waals surface area contributed by atoms with Gasteiger partial charge in [-0.15, -0.1) is 0 Å². The number of hydrogen-bond donors (Lipinski definition) is 1. The Balaban J connectivity index is 1.84. The lowest BCUT2D eigenvalue weighted by Crippen LogP contribution is -2.39. The first-order valence-electron chi connectivity index (χ1n) is 7.84. The number of rotatable bonds is 4. The minimum atomic E-state index is -0.111. The third-order valence-corrected chi connectivity index (χ3v) is 4.00. The summed E-state index contributed by atoms with van der Waals surface area (Å²) in [7, 11) is 1.61. The van der Waals surface area contributed by atoms with Gasteiger partial charge < -0.3 is 9.64 Å². The predicted molar refractivity (Wildman–Crippen MR) is 83.7 cm³/mol. The van der Waals surface area contributed by atoms with E-state index in [0.717, 1.165) is 25.0 Å². The monoisotopic (exact) mass is 315 g/mol. The molecule has 1 aliphatic heterocycles. The number of nitrogens with one attached hydrogen (secondary N) is 1. The van der Waals surface area contributed by atoms with Crippen molar-refractivity contribution in [3.63, 3.8) is 0 Å². The number of nitrogens with zero attached hydrogens (tertiary/aromatic N) is 4. The van der Waals surface area contributed by atoms with Crippen molar-refractivity contribution in [3.8, 4) is 0 Å². The number of pyridine rings is 1. The Bertz CT molecular complexity index is 685. The molecule has 0 spiro atoms. The first-order chi connectivity index (χ1) is 11.2. The second-order valence-corrected chi connectivity index (χ2v) is 5.75. The minimum Gasteiger partial charge on any atom is -0.377 e. The van der Waals surface area contributed by atoms with Crippen LogP contribution >= 0.6 is 0 Å². The normalized spacial score (nSPS) is 18.2. The SMILES string of the molecule is COCc1nc(C2CCCCN2C(=O)c2cccc(C)n2)n[nH]1. The summed E-state index contributed by atoms with van der Waals surface area (Å²) in [6.07, 6.45) is 2.91. The number of ether oxygens (including phenoxy) is 1. The smallest absolute Gasteiger partial charge is 0.273 e. The summed E-state index contributed by atoms with van der Waals surface area (Å²) in [5.74, 6) is 1.27. The van der Waals surface area contributed by atoms with Gasteiger partial charge in [0.15, 0.2) is 11.6 Å². The van der Waals surface area contributed by atoms with Gasteiger partial charge in [0.05, 0.1) is 6.04 Å². The van der Waals surface area contributed by atoms with Crippen molar-refractivity contribution < 1.29 is 9.53 Å². The zero-order valence-corrected chi connectivity index (χ0v) is 13.5. The summed E-state index contributed by atoms with van der Waals surface area (Å²) < 4.78 is 5.06. The maximum atomic E-state index is 12.8.